The molecule has 0 amide bonds. The van der Waals surface area contributed by atoms with Crippen molar-refractivity contribution in [1.82, 2.24) is 5.32 Å². The van der Waals surface area contributed by atoms with Gasteiger partial charge in [0, 0.05) is 0 Å². The molecule has 0 radical (unpaired) electrons. The van der Waals surface area contributed by atoms with Gasteiger partial charge in [-0.2, -0.15) is 0 Å². The van der Waals surface area contributed by atoms with Crippen LogP contribution in [0.5, 0.6) is 5.75 Å². The Hall–Kier alpha value is -1.02. The van der Waals surface area contributed by atoms with Crippen LogP contribution in [0.25, 0.3) is 0 Å². The zero-order chi connectivity index (χ0) is 15.2. The number of nitrogens with one attached hydrogen (secondary N) is 1. The average molecular weight is 289 g/mol. The molecule has 0 spiro atoms. The monoisotopic (exact) mass is 289 g/mol. The second kappa shape index (κ2) is 7.84. The second-order valence-corrected chi connectivity index (χ2v) is 7.11. The largest absolute Gasteiger partial charge is 0.497 e. The lowest BCUT2D eigenvalue weighted by atomic mass is 9.71. The molecule has 3 unspecified atom stereocenters. The van der Waals surface area contributed by atoms with E-state index in [4.69, 9.17) is 4.74 Å². The molecule has 0 heterocycles. The smallest absolute Gasteiger partial charge is 0.119 e. The van der Waals surface area contributed by atoms with Gasteiger partial charge in [-0.25, -0.2) is 0 Å². The summed E-state index contributed by atoms with van der Waals surface area (Å²) in [6, 6.07) is 8.69. The Morgan fingerprint density at radius 2 is 2.10 bits per heavy atom. The Labute approximate surface area is 130 Å². The van der Waals surface area contributed by atoms with Gasteiger partial charge in [0.1, 0.15) is 5.75 Å². The quantitative estimate of drug-likeness (QED) is 0.835. The van der Waals surface area contributed by atoms with E-state index in [9.17, 15) is 0 Å². The van der Waals surface area contributed by atoms with Crippen molar-refractivity contribution in [2.45, 2.75) is 46.0 Å². The van der Waals surface area contributed by atoms with Gasteiger partial charge in [0.25, 0.3) is 0 Å². The van der Waals surface area contributed by atoms with Crippen molar-refractivity contribution in [3.63, 3.8) is 0 Å². The molecule has 2 rings (SSSR count). The van der Waals surface area contributed by atoms with Crippen LogP contribution < -0.4 is 10.1 Å². The summed E-state index contributed by atoms with van der Waals surface area (Å²) >= 11 is 0. The molecule has 118 valence electrons. The first-order chi connectivity index (χ1) is 10.1. The van der Waals surface area contributed by atoms with Gasteiger partial charge in [0.05, 0.1) is 7.11 Å². The number of methoxy groups -OCH3 is 1. The molecule has 1 saturated carbocycles. The number of hydrogen-bond acceptors (Lipinski definition) is 2. The maximum Gasteiger partial charge on any atom is 0.119 e. The Kier molecular flexibility index (Phi) is 6.10. The van der Waals surface area contributed by atoms with Crippen LogP contribution in [0, 0.1) is 17.8 Å². The summed E-state index contributed by atoms with van der Waals surface area (Å²) in [5.41, 5.74) is 1.46. The van der Waals surface area contributed by atoms with E-state index in [1.54, 1.807) is 7.11 Å². The summed E-state index contributed by atoms with van der Waals surface area (Å²) < 4.78 is 5.40. The molecule has 1 N–H and O–H groups in total. The summed E-state index contributed by atoms with van der Waals surface area (Å²) in [5, 5.41) is 3.67. The molecule has 1 aromatic carbocycles. The fourth-order valence-corrected chi connectivity index (χ4v) is 3.53. The van der Waals surface area contributed by atoms with Crippen LogP contribution in [0.2, 0.25) is 0 Å². The summed E-state index contributed by atoms with van der Waals surface area (Å²) in [7, 11) is 1.75. The fraction of sp³-hybridized carbons (Fsp3) is 0.684. The van der Waals surface area contributed by atoms with Crippen molar-refractivity contribution in [3.8, 4) is 5.75 Å². The number of benzene rings is 1. The van der Waals surface area contributed by atoms with Crippen molar-refractivity contribution >= 4 is 0 Å². The Morgan fingerprint density at radius 3 is 2.81 bits per heavy atom. The molecule has 21 heavy (non-hydrogen) atoms. The highest BCUT2D eigenvalue weighted by molar-refractivity contribution is 5.31. The molecule has 1 aromatic rings. The third-order valence-corrected chi connectivity index (χ3v) is 4.74. The van der Waals surface area contributed by atoms with Crippen LogP contribution in [0.3, 0.4) is 0 Å². The highest BCUT2D eigenvalue weighted by Crippen LogP contribution is 2.40. The van der Waals surface area contributed by atoms with Crippen molar-refractivity contribution in [2.24, 2.45) is 17.8 Å². The average Bonchev–Trinajstić information content (AvgIpc) is 2.48. The van der Waals surface area contributed by atoms with E-state index in [2.05, 4.69) is 44.3 Å². The van der Waals surface area contributed by atoms with Gasteiger partial charge >= 0.3 is 0 Å². The van der Waals surface area contributed by atoms with Crippen LogP contribution >= 0.6 is 0 Å². The highest BCUT2D eigenvalue weighted by atomic mass is 16.5. The minimum absolute atomic E-state index is 0.670. The zero-order valence-corrected chi connectivity index (χ0v) is 14.1. The van der Waals surface area contributed by atoms with Crippen molar-refractivity contribution in [2.75, 3.05) is 20.2 Å². The topological polar surface area (TPSA) is 21.3 Å². The van der Waals surface area contributed by atoms with E-state index in [1.807, 2.05) is 6.07 Å². The highest BCUT2D eigenvalue weighted by Gasteiger charge is 2.29. The Balaban J connectivity index is 2.06. The summed E-state index contributed by atoms with van der Waals surface area (Å²) in [6.07, 6.45) is 4.02. The normalized spacial score (nSPS) is 26.0. The van der Waals surface area contributed by atoms with E-state index in [-0.39, 0.29) is 0 Å². The molecule has 3 atom stereocenters. The third-order valence-electron chi connectivity index (χ3n) is 4.74. The van der Waals surface area contributed by atoms with Crippen LogP contribution in [0.4, 0.5) is 0 Å². The minimum atomic E-state index is 0.670. The van der Waals surface area contributed by atoms with Crippen LogP contribution in [-0.4, -0.2) is 20.2 Å². The van der Waals surface area contributed by atoms with E-state index < -0.39 is 0 Å². The number of hydrogen-bond donors (Lipinski definition) is 1. The molecular formula is C19H31NO. The predicted octanol–water partition coefficient (Wildman–Crippen LogP) is 4.46. The molecule has 1 aliphatic carbocycles. The lowest BCUT2D eigenvalue weighted by molar-refractivity contribution is 0.239. The molecule has 0 bridgehead atoms. The standard InChI is InChI=1S/C19H31NO/c1-14(2)12-20-13-17-9-8-15(3)10-19(17)16-6-5-7-18(11-16)21-4/h5-7,11,14-15,17,19-20H,8-10,12-13H2,1-4H3. The number of rotatable bonds is 6. The molecule has 0 aliphatic heterocycles. The van der Waals surface area contributed by atoms with Gasteiger partial charge in [-0.15, -0.1) is 0 Å². The maximum atomic E-state index is 5.40. The first kappa shape index (κ1) is 16.4. The van der Waals surface area contributed by atoms with Crippen LogP contribution in [0.1, 0.15) is 51.5 Å². The predicted molar refractivity (Wildman–Crippen MR) is 89.9 cm³/mol. The first-order valence-corrected chi connectivity index (χ1v) is 8.44. The maximum absolute atomic E-state index is 5.40. The summed E-state index contributed by atoms with van der Waals surface area (Å²) in [5.74, 6) is 3.97. The van der Waals surface area contributed by atoms with Crippen molar-refractivity contribution in [3.05, 3.63) is 29.8 Å². The molecular weight excluding hydrogens is 258 g/mol. The van der Waals surface area contributed by atoms with Gasteiger partial charge < -0.3 is 10.1 Å². The SMILES string of the molecule is COc1cccc(C2CC(C)CCC2CNCC(C)C)c1. The van der Waals surface area contributed by atoms with Crippen molar-refractivity contribution < 1.29 is 4.74 Å². The van der Waals surface area contributed by atoms with E-state index in [1.165, 1.54) is 24.8 Å². The van der Waals surface area contributed by atoms with Gasteiger partial charge in [-0.3, -0.25) is 0 Å². The molecule has 2 nitrogen and oxygen atoms in total. The Morgan fingerprint density at radius 1 is 1.29 bits per heavy atom. The molecule has 0 aromatic heterocycles. The molecule has 0 saturated heterocycles. The lowest BCUT2D eigenvalue weighted by Gasteiger charge is -2.36. The second-order valence-electron chi connectivity index (χ2n) is 7.11. The summed E-state index contributed by atoms with van der Waals surface area (Å²) in [4.78, 5) is 0. The first-order valence-electron chi connectivity index (χ1n) is 8.44. The van der Waals surface area contributed by atoms with E-state index >= 15 is 0 Å². The fourth-order valence-electron chi connectivity index (χ4n) is 3.53. The van der Waals surface area contributed by atoms with Gasteiger partial charge in [0.2, 0.25) is 0 Å². The lowest BCUT2D eigenvalue weighted by Crippen LogP contribution is -2.33. The Bertz CT molecular complexity index is 429. The molecule has 1 fully saturated rings. The zero-order valence-electron chi connectivity index (χ0n) is 14.1. The molecule has 2 heteroatoms. The van der Waals surface area contributed by atoms with Gasteiger partial charge in [-0.1, -0.05) is 39.3 Å². The minimum Gasteiger partial charge on any atom is -0.497 e. The number of ether oxygens (including phenoxy) is 1. The van der Waals surface area contributed by atoms with E-state index in [0.29, 0.717) is 5.92 Å². The molecule has 1 aliphatic rings. The third kappa shape index (κ3) is 4.74. The van der Waals surface area contributed by atoms with Gasteiger partial charge in [-0.05, 0) is 67.3 Å². The van der Waals surface area contributed by atoms with Crippen LogP contribution in [-0.2, 0) is 0 Å². The van der Waals surface area contributed by atoms with Crippen LogP contribution in [0.15, 0.2) is 24.3 Å². The van der Waals surface area contributed by atoms with Gasteiger partial charge in [0.15, 0.2) is 0 Å². The van der Waals surface area contributed by atoms with E-state index in [0.717, 1.165) is 36.6 Å². The van der Waals surface area contributed by atoms with Crippen molar-refractivity contribution in [1.29, 1.82) is 0 Å². The summed E-state index contributed by atoms with van der Waals surface area (Å²) in [6.45, 7) is 9.21.